The zero-order chi connectivity index (χ0) is 15.3. The van der Waals surface area contributed by atoms with Gasteiger partial charge in [-0.15, -0.1) is 0 Å². The van der Waals surface area contributed by atoms with Crippen molar-refractivity contribution >= 4 is 9.84 Å². The van der Waals surface area contributed by atoms with Crippen LogP contribution in [0.15, 0.2) is 24.3 Å². The molecule has 0 radical (unpaired) electrons. The summed E-state index contributed by atoms with van der Waals surface area (Å²) in [6, 6.07) is 8.40. The highest BCUT2D eigenvalue weighted by Gasteiger charge is 2.35. The molecule has 2 unspecified atom stereocenters. The zero-order valence-electron chi connectivity index (χ0n) is 13.1. The van der Waals surface area contributed by atoms with Crippen LogP contribution >= 0.6 is 0 Å². The maximum Gasteiger partial charge on any atom is 0.155 e. The first kappa shape index (κ1) is 16.5. The van der Waals surface area contributed by atoms with Crippen LogP contribution in [0.5, 0.6) is 0 Å². The molecule has 3 nitrogen and oxygen atoms in total. The third-order valence-electron chi connectivity index (χ3n) is 4.30. The Hall–Kier alpha value is -0.870. The molecule has 1 heterocycles. The summed E-state index contributed by atoms with van der Waals surface area (Å²) in [6.45, 7) is 4.99. The van der Waals surface area contributed by atoms with E-state index in [1.54, 1.807) is 0 Å². The van der Waals surface area contributed by atoms with Gasteiger partial charge in [0.1, 0.15) is 0 Å². The smallest absolute Gasteiger partial charge is 0.155 e. The van der Waals surface area contributed by atoms with Gasteiger partial charge < -0.3 is 5.32 Å². The van der Waals surface area contributed by atoms with Crippen molar-refractivity contribution in [1.29, 1.82) is 0 Å². The molecule has 1 aromatic carbocycles. The molecule has 0 saturated carbocycles. The summed E-state index contributed by atoms with van der Waals surface area (Å²) in [6.07, 6.45) is 4.81. The first-order valence-corrected chi connectivity index (χ1v) is 9.83. The van der Waals surface area contributed by atoms with Crippen LogP contribution in [0, 0.1) is 0 Å². The summed E-state index contributed by atoms with van der Waals surface area (Å²) in [5.74, 6) is 0.341. The highest BCUT2D eigenvalue weighted by molar-refractivity contribution is 7.92. The van der Waals surface area contributed by atoms with Crippen molar-refractivity contribution in [3.05, 3.63) is 35.4 Å². The minimum atomic E-state index is -2.98. The van der Waals surface area contributed by atoms with Crippen LogP contribution in [0.4, 0.5) is 0 Å². The van der Waals surface area contributed by atoms with E-state index in [2.05, 4.69) is 36.5 Å². The van der Waals surface area contributed by atoms with Crippen molar-refractivity contribution in [3.63, 3.8) is 0 Å². The lowest BCUT2D eigenvalue weighted by atomic mass is 9.97. The molecule has 0 aliphatic carbocycles. The second-order valence-electron chi connectivity index (χ2n) is 5.93. The number of benzene rings is 1. The summed E-state index contributed by atoms with van der Waals surface area (Å²) >= 11 is 0. The molecule has 0 spiro atoms. The minimum absolute atomic E-state index is 0.0732. The van der Waals surface area contributed by atoms with E-state index in [1.165, 1.54) is 5.56 Å². The predicted molar refractivity (Wildman–Crippen MR) is 88.3 cm³/mol. The lowest BCUT2D eigenvalue weighted by Gasteiger charge is -2.31. The number of aryl methyl sites for hydroxylation is 1. The van der Waals surface area contributed by atoms with Gasteiger partial charge in [0.25, 0.3) is 0 Å². The zero-order valence-corrected chi connectivity index (χ0v) is 14.0. The topological polar surface area (TPSA) is 46.2 Å². The van der Waals surface area contributed by atoms with Crippen LogP contribution < -0.4 is 5.32 Å². The van der Waals surface area contributed by atoms with Crippen molar-refractivity contribution in [2.75, 3.05) is 12.3 Å². The van der Waals surface area contributed by atoms with Crippen LogP contribution in [-0.4, -0.2) is 26.0 Å². The average molecular weight is 309 g/mol. The minimum Gasteiger partial charge on any atom is -0.309 e. The van der Waals surface area contributed by atoms with Gasteiger partial charge in [0.05, 0.1) is 11.0 Å². The fourth-order valence-electron chi connectivity index (χ4n) is 3.22. The Morgan fingerprint density at radius 1 is 1.19 bits per heavy atom. The SMILES string of the molecule is CCCc1ccc(C(NCC)C2CCCCS2(=O)=O)cc1. The van der Waals surface area contributed by atoms with E-state index < -0.39 is 9.84 Å². The van der Waals surface area contributed by atoms with Gasteiger partial charge in [-0.1, -0.05) is 51.0 Å². The quantitative estimate of drug-likeness (QED) is 0.877. The molecule has 1 fully saturated rings. The fourth-order valence-corrected chi connectivity index (χ4v) is 5.32. The van der Waals surface area contributed by atoms with Gasteiger partial charge in [0.2, 0.25) is 0 Å². The van der Waals surface area contributed by atoms with Gasteiger partial charge in [0.15, 0.2) is 9.84 Å². The lowest BCUT2D eigenvalue weighted by molar-refractivity contribution is 0.454. The van der Waals surface area contributed by atoms with Crippen LogP contribution in [0.25, 0.3) is 0 Å². The van der Waals surface area contributed by atoms with Crippen molar-refractivity contribution in [3.8, 4) is 0 Å². The first-order valence-electron chi connectivity index (χ1n) is 8.12. The van der Waals surface area contributed by atoms with Crippen molar-refractivity contribution in [2.24, 2.45) is 0 Å². The molecule has 2 rings (SSSR count). The number of hydrogen-bond donors (Lipinski definition) is 1. The Kier molecular flexibility index (Phi) is 5.82. The van der Waals surface area contributed by atoms with E-state index in [0.717, 1.165) is 44.2 Å². The summed E-state index contributed by atoms with van der Waals surface area (Å²) < 4.78 is 24.8. The molecule has 1 aromatic rings. The van der Waals surface area contributed by atoms with Gasteiger partial charge in [-0.2, -0.15) is 0 Å². The van der Waals surface area contributed by atoms with E-state index >= 15 is 0 Å². The largest absolute Gasteiger partial charge is 0.309 e. The highest BCUT2D eigenvalue weighted by atomic mass is 32.2. The normalized spacial score (nSPS) is 22.9. The molecule has 0 aromatic heterocycles. The van der Waals surface area contributed by atoms with Crippen LogP contribution in [0.2, 0.25) is 0 Å². The van der Waals surface area contributed by atoms with E-state index in [4.69, 9.17) is 0 Å². The summed E-state index contributed by atoms with van der Waals surface area (Å²) in [4.78, 5) is 0. The Morgan fingerprint density at radius 3 is 2.48 bits per heavy atom. The Balaban J connectivity index is 2.25. The molecule has 4 heteroatoms. The molecular weight excluding hydrogens is 282 g/mol. The van der Waals surface area contributed by atoms with Crippen molar-refractivity contribution < 1.29 is 8.42 Å². The van der Waals surface area contributed by atoms with Crippen LogP contribution in [-0.2, 0) is 16.3 Å². The molecule has 1 aliphatic heterocycles. The molecule has 1 N–H and O–H groups in total. The first-order chi connectivity index (χ1) is 10.1. The van der Waals surface area contributed by atoms with E-state index in [0.29, 0.717) is 5.75 Å². The third-order valence-corrected chi connectivity index (χ3v) is 6.59. The van der Waals surface area contributed by atoms with Gasteiger partial charge in [-0.25, -0.2) is 8.42 Å². The Morgan fingerprint density at radius 2 is 1.90 bits per heavy atom. The second-order valence-corrected chi connectivity index (χ2v) is 8.27. The number of nitrogens with one attached hydrogen (secondary N) is 1. The monoisotopic (exact) mass is 309 g/mol. The maximum absolute atomic E-state index is 12.4. The van der Waals surface area contributed by atoms with E-state index in [1.807, 2.05) is 6.92 Å². The van der Waals surface area contributed by atoms with E-state index in [-0.39, 0.29) is 11.3 Å². The number of rotatable bonds is 6. The van der Waals surface area contributed by atoms with Crippen molar-refractivity contribution in [1.82, 2.24) is 5.32 Å². The van der Waals surface area contributed by atoms with Gasteiger partial charge in [0, 0.05) is 6.04 Å². The molecule has 1 saturated heterocycles. The predicted octanol–water partition coefficient (Wildman–Crippen LogP) is 3.26. The molecule has 0 amide bonds. The fraction of sp³-hybridized carbons (Fsp3) is 0.647. The number of hydrogen-bond acceptors (Lipinski definition) is 3. The third kappa shape index (κ3) is 4.07. The molecule has 118 valence electrons. The molecule has 21 heavy (non-hydrogen) atoms. The van der Waals surface area contributed by atoms with E-state index in [9.17, 15) is 8.42 Å². The summed E-state index contributed by atoms with van der Waals surface area (Å²) in [7, 11) is -2.98. The van der Waals surface area contributed by atoms with Gasteiger partial charge >= 0.3 is 0 Å². The Bertz CT molecular complexity index is 536. The Labute approximate surface area is 129 Å². The maximum atomic E-state index is 12.4. The molecular formula is C17H27NO2S. The lowest BCUT2D eigenvalue weighted by Crippen LogP contribution is -2.40. The molecule has 0 bridgehead atoms. The second kappa shape index (κ2) is 7.41. The number of sulfone groups is 1. The molecule has 2 atom stereocenters. The highest BCUT2D eigenvalue weighted by Crippen LogP contribution is 2.31. The summed E-state index contributed by atoms with van der Waals surface area (Å²) in [5.41, 5.74) is 2.43. The van der Waals surface area contributed by atoms with Crippen molar-refractivity contribution in [2.45, 2.75) is 57.2 Å². The van der Waals surface area contributed by atoms with Gasteiger partial charge in [-0.05, 0) is 36.9 Å². The van der Waals surface area contributed by atoms with Crippen LogP contribution in [0.1, 0.15) is 56.7 Å². The average Bonchev–Trinajstić information content (AvgIpc) is 2.46. The summed E-state index contributed by atoms with van der Waals surface area (Å²) in [5, 5.41) is 3.12. The molecule has 1 aliphatic rings. The van der Waals surface area contributed by atoms with Crippen LogP contribution in [0.3, 0.4) is 0 Å². The standard InChI is InChI=1S/C17H27NO2S/c1-3-7-14-9-11-15(12-10-14)17(18-4-2)16-8-5-6-13-21(16,19)20/h9-12,16-18H,3-8,13H2,1-2H3. The van der Waals surface area contributed by atoms with Gasteiger partial charge in [-0.3, -0.25) is 0 Å².